The Bertz CT molecular complexity index is 513. The SMILES string of the molecule is C[C@@H](Cc1ccc(Br)cc1)c1noc(NCCO)n1. The van der Waals surface area contributed by atoms with Crippen molar-refractivity contribution in [2.75, 3.05) is 18.5 Å². The molecule has 0 unspecified atom stereocenters. The number of benzene rings is 1. The monoisotopic (exact) mass is 325 g/mol. The summed E-state index contributed by atoms with van der Waals surface area (Å²) in [5, 5.41) is 15.5. The molecule has 0 radical (unpaired) electrons. The number of halogens is 1. The first-order chi connectivity index (χ1) is 9.19. The van der Waals surface area contributed by atoms with Crippen LogP contribution in [-0.4, -0.2) is 28.4 Å². The van der Waals surface area contributed by atoms with Crippen molar-refractivity contribution >= 4 is 21.9 Å². The molecular formula is C13H16BrN3O2. The van der Waals surface area contributed by atoms with Gasteiger partial charge in [0.25, 0.3) is 0 Å². The summed E-state index contributed by atoms with van der Waals surface area (Å²) in [7, 11) is 0. The van der Waals surface area contributed by atoms with E-state index in [1.165, 1.54) is 5.56 Å². The lowest BCUT2D eigenvalue weighted by Crippen LogP contribution is -2.06. The first-order valence-electron chi connectivity index (χ1n) is 6.12. The van der Waals surface area contributed by atoms with Gasteiger partial charge in [0.1, 0.15) is 0 Å². The summed E-state index contributed by atoms with van der Waals surface area (Å²) < 4.78 is 6.12. The molecule has 0 bridgehead atoms. The van der Waals surface area contributed by atoms with Gasteiger partial charge in [-0.2, -0.15) is 4.98 Å². The van der Waals surface area contributed by atoms with E-state index in [0.717, 1.165) is 10.9 Å². The van der Waals surface area contributed by atoms with E-state index in [2.05, 4.69) is 50.4 Å². The standard InChI is InChI=1S/C13H16BrN3O2/c1-9(8-10-2-4-11(14)5-3-10)12-16-13(19-17-12)15-6-7-18/h2-5,9,18H,6-8H2,1H3,(H,15,16,17)/t9-/m0/s1. The molecule has 0 aliphatic carbocycles. The van der Waals surface area contributed by atoms with Crippen LogP contribution in [0, 0.1) is 0 Å². The van der Waals surface area contributed by atoms with Crippen molar-refractivity contribution in [3.05, 3.63) is 40.1 Å². The van der Waals surface area contributed by atoms with Crippen molar-refractivity contribution in [3.63, 3.8) is 0 Å². The number of rotatable bonds is 6. The van der Waals surface area contributed by atoms with Gasteiger partial charge in [0.15, 0.2) is 5.82 Å². The van der Waals surface area contributed by atoms with E-state index >= 15 is 0 Å². The highest BCUT2D eigenvalue weighted by Gasteiger charge is 2.14. The second kappa shape index (κ2) is 6.68. The third kappa shape index (κ3) is 4.04. The predicted octanol–water partition coefficient (Wildman–Crippen LogP) is 2.58. The van der Waals surface area contributed by atoms with Crippen LogP contribution in [0.2, 0.25) is 0 Å². The highest BCUT2D eigenvalue weighted by atomic mass is 79.9. The molecule has 19 heavy (non-hydrogen) atoms. The third-order valence-electron chi connectivity index (χ3n) is 2.73. The molecule has 0 fully saturated rings. The molecule has 1 aromatic heterocycles. The summed E-state index contributed by atoms with van der Waals surface area (Å²) >= 11 is 3.42. The summed E-state index contributed by atoms with van der Waals surface area (Å²) in [6, 6.07) is 8.54. The maximum Gasteiger partial charge on any atom is 0.321 e. The lowest BCUT2D eigenvalue weighted by atomic mass is 10.0. The first-order valence-corrected chi connectivity index (χ1v) is 6.91. The normalized spacial score (nSPS) is 12.4. The van der Waals surface area contributed by atoms with Gasteiger partial charge in [0.2, 0.25) is 0 Å². The number of aliphatic hydroxyl groups is 1. The summed E-state index contributed by atoms with van der Waals surface area (Å²) in [6.45, 7) is 2.50. The molecule has 6 heteroatoms. The van der Waals surface area contributed by atoms with Crippen molar-refractivity contribution in [2.45, 2.75) is 19.3 Å². The minimum atomic E-state index is 0.0339. The Kier molecular flexibility index (Phi) is 4.93. The van der Waals surface area contributed by atoms with Crippen molar-refractivity contribution in [1.82, 2.24) is 10.1 Å². The summed E-state index contributed by atoms with van der Waals surface area (Å²) in [4.78, 5) is 4.25. The molecule has 0 amide bonds. The fraction of sp³-hybridized carbons (Fsp3) is 0.385. The number of hydrogen-bond donors (Lipinski definition) is 2. The van der Waals surface area contributed by atoms with Crippen LogP contribution < -0.4 is 5.32 Å². The van der Waals surface area contributed by atoms with Crippen LogP contribution >= 0.6 is 15.9 Å². The molecular weight excluding hydrogens is 310 g/mol. The lowest BCUT2D eigenvalue weighted by molar-refractivity contribution is 0.308. The van der Waals surface area contributed by atoms with Crippen LogP contribution in [0.5, 0.6) is 0 Å². The van der Waals surface area contributed by atoms with Crippen LogP contribution in [0.3, 0.4) is 0 Å². The number of anilines is 1. The lowest BCUT2D eigenvalue weighted by Gasteiger charge is -2.06. The Morgan fingerprint density at radius 1 is 1.37 bits per heavy atom. The van der Waals surface area contributed by atoms with Crippen molar-refractivity contribution in [2.24, 2.45) is 0 Å². The molecule has 5 nitrogen and oxygen atoms in total. The van der Waals surface area contributed by atoms with E-state index in [1.54, 1.807) is 0 Å². The van der Waals surface area contributed by atoms with Gasteiger partial charge in [0.05, 0.1) is 6.61 Å². The number of hydrogen-bond acceptors (Lipinski definition) is 5. The quantitative estimate of drug-likeness (QED) is 0.854. The smallest absolute Gasteiger partial charge is 0.321 e. The first kappa shape index (κ1) is 14.0. The molecule has 0 aliphatic rings. The summed E-state index contributed by atoms with van der Waals surface area (Å²) in [5.74, 6) is 0.845. The molecule has 0 spiro atoms. The molecule has 1 atom stereocenters. The highest BCUT2D eigenvalue weighted by Crippen LogP contribution is 2.20. The molecule has 0 saturated heterocycles. The zero-order valence-corrected chi connectivity index (χ0v) is 12.2. The number of aromatic nitrogens is 2. The fourth-order valence-corrected chi connectivity index (χ4v) is 2.00. The zero-order valence-electron chi connectivity index (χ0n) is 10.6. The van der Waals surface area contributed by atoms with E-state index in [1.807, 2.05) is 12.1 Å². The minimum Gasteiger partial charge on any atom is -0.395 e. The van der Waals surface area contributed by atoms with E-state index in [4.69, 9.17) is 9.63 Å². The number of nitrogens with zero attached hydrogens (tertiary/aromatic N) is 2. The van der Waals surface area contributed by atoms with Gasteiger partial charge in [-0.05, 0) is 24.1 Å². The van der Waals surface area contributed by atoms with E-state index in [0.29, 0.717) is 18.4 Å². The Morgan fingerprint density at radius 2 is 2.11 bits per heavy atom. The number of nitrogens with one attached hydrogen (secondary N) is 1. The van der Waals surface area contributed by atoms with Crippen molar-refractivity contribution in [1.29, 1.82) is 0 Å². The molecule has 1 heterocycles. The van der Waals surface area contributed by atoms with Crippen LogP contribution in [0.25, 0.3) is 0 Å². The van der Waals surface area contributed by atoms with Gasteiger partial charge in [0, 0.05) is 16.9 Å². The van der Waals surface area contributed by atoms with Crippen molar-refractivity contribution < 1.29 is 9.63 Å². The molecule has 2 rings (SSSR count). The molecule has 1 aromatic carbocycles. The van der Waals surface area contributed by atoms with Crippen LogP contribution in [0.4, 0.5) is 6.01 Å². The molecule has 2 N–H and O–H groups in total. The van der Waals surface area contributed by atoms with Crippen LogP contribution in [0.1, 0.15) is 24.2 Å². The summed E-state index contributed by atoms with van der Waals surface area (Å²) in [5.41, 5.74) is 1.23. The topological polar surface area (TPSA) is 71.2 Å². The fourth-order valence-electron chi connectivity index (χ4n) is 1.73. The Labute approximate surface area is 120 Å². The average molecular weight is 326 g/mol. The van der Waals surface area contributed by atoms with Crippen molar-refractivity contribution in [3.8, 4) is 0 Å². The van der Waals surface area contributed by atoms with E-state index in [-0.39, 0.29) is 12.5 Å². The maximum atomic E-state index is 8.70. The van der Waals surface area contributed by atoms with E-state index < -0.39 is 0 Å². The van der Waals surface area contributed by atoms with Gasteiger partial charge in [-0.3, -0.25) is 0 Å². The molecule has 102 valence electrons. The van der Waals surface area contributed by atoms with Crippen LogP contribution in [0.15, 0.2) is 33.3 Å². The molecule has 2 aromatic rings. The highest BCUT2D eigenvalue weighted by molar-refractivity contribution is 9.10. The summed E-state index contributed by atoms with van der Waals surface area (Å²) in [6.07, 6.45) is 0.853. The second-order valence-corrected chi connectivity index (χ2v) is 5.26. The van der Waals surface area contributed by atoms with Gasteiger partial charge < -0.3 is 14.9 Å². The number of aliphatic hydroxyl groups excluding tert-OH is 1. The maximum absolute atomic E-state index is 8.70. The predicted molar refractivity (Wildman–Crippen MR) is 76.1 cm³/mol. The minimum absolute atomic E-state index is 0.0339. The molecule has 0 aliphatic heterocycles. The van der Waals surface area contributed by atoms with Gasteiger partial charge in [-0.25, -0.2) is 0 Å². The third-order valence-corrected chi connectivity index (χ3v) is 3.25. The zero-order chi connectivity index (χ0) is 13.7. The molecule has 0 saturated carbocycles. The largest absolute Gasteiger partial charge is 0.395 e. The Balaban J connectivity index is 1.97. The Morgan fingerprint density at radius 3 is 2.79 bits per heavy atom. The van der Waals surface area contributed by atoms with E-state index in [9.17, 15) is 0 Å². The second-order valence-electron chi connectivity index (χ2n) is 4.34. The van der Waals surface area contributed by atoms with Gasteiger partial charge in [-0.1, -0.05) is 40.1 Å². The van der Waals surface area contributed by atoms with Gasteiger partial charge in [-0.15, -0.1) is 0 Å². The van der Waals surface area contributed by atoms with Gasteiger partial charge >= 0.3 is 6.01 Å². The average Bonchev–Trinajstić information content (AvgIpc) is 2.88. The van der Waals surface area contributed by atoms with Crippen LogP contribution in [-0.2, 0) is 6.42 Å². The Hall–Kier alpha value is -1.40.